The van der Waals surface area contributed by atoms with Crippen molar-refractivity contribution in [2.45, 2.75) is 26.7 Å². The Bertz CT molecular complexity index is 428. The second-order valence-corrected chi connectivity index (χ2v) is 4.79. The number of rotatable bonds is 3. The van der Waals surface area contributed by atoms with Crippen LogP contribution >= 0.6 is 0 Å². The Balaban J connectivity index is 2.34. The number of anilines is 1. The van der Waals surface area contributed by atoms with Crippen molar-refractivity contribution in [3.63, 3.8) is 0 Å². The molecule has 1 heterocycles. The van der Waals surface area contributed by atoms with E-state index in [1.54, 1.807) is 6.07 Å². The van der Waals surface area contributed by atoms with E-state index < -0.39 is 5.97 Å². The van der Waals surface area contributed by atoms with Crippen LogP contribution in [0.1, 0.15) is 35.7 Å². The highest BCUT2D eigenvalue weighted by Crippen LogP contribution is 2.31. The van der Waals surface area contributed by atoms with Crippen molar-refractivity contribution in [3.05, 3.63) is 29.3 Å². The zero-order valence-electron chi connectivity index (χ0n) is 10.4. The van der Waals surface area contributed by atoms with Gasteiger partial charge in [-0.25, -0.2) is 4.79 Å². The van der Waals surface area contributed by atoms with Crippen molar-refractivity contribution < 1.29 is 9.90 Å². The maximum Gasteiger partial charge on any atom is 0.337 e. The van der Waals surface area contributed by atoms with Gasteiger partial charge in [-0.05, 0) is 30.9 Å². The van der Waals surface area contributed by atoms with Crippen LogP contribution in [0.5, 0.6) is 0 Å². The molecule has 0 spiro atoms. The molecule has 0 aliphatic carbocycles. The van der Waals surface area contributed by atoms with Crippen molar-refractivity contribution in [1.29, 1.82) is 0 Å². The van der Waals surface area contributed by atoms with Crippen LogP contribution in [0.3, 0.4) is 0 Å². The lowest BCUT2D eigenvalue weighted by molar-refractivity contribution is 0.0697. The van der Waals surface area contributed by atoms with Gasteiger partial charge < -0.3 is 10.0 Å². The first-order valence-corrected chi connectivity index (χ1v) is 6.21. The summed E-state index contributed by atoms with van der Waals surface area (Å²) >= 11 is 0. The average Bonchev–Trinajstić information content (AvgIpc) is 2.76. The molecular weight excluding hydrogens is 214 g/mol. The quantitative estimate of drug-likeness (QED) is 0.872. The molecule has 1 unspecified atom stereocenters. The second kappa shape index (κ2) is 4.78. The number of nitrogens with zero attached hydrogens (tertiary/aromatic N) is 1. The van der Waals surface area contributed by atoms with Crippen molar-refractivity contribution in [3.8, 4) is 0 Å². The van der Waals surface area contributed by atoms with Crippen LogP contribution in [-0.2, 0) is 0 Å². The summed E-state index contributed by atoms with van der Waals surface area (Å²) in [6, 6.07) is 5.50. The average molecular weight is 233 g/mol. The molecule has 92 valence electrons. The SMILES string of the molecule is CCC1CCN(c2c(C)cccc2C(=O)O)C1. The summed E-state index contributed by atoms with van der Waals surface area (Å²) in [5.41, 5.74) is 2.40. The van der Waals surface area contributed by atoms with Gasteiger partial charge in [-0.15, -0.1) is 0 Å². The van der Waals surface area contributed by atoms with Crippen molar-refractivity contribution in [2.75, 3.05) is 18.0 Å². The Morgan fingerprint density at radius 1 is 1.53 bits per heavy atom. The Morgan fingerprint density at radius 2 is 2.29 bits per heavy atom. The van der Waals surface area contributed by atoms with Gasteiger partial charge in [0.2, 0.25) is 0 Å². The standard InChI is InChI=1S/C14H19NO2/c1-3-11-7-8-15(9-11)13-10(2)5-4-6-12(13)14(16)17/h4-6,11H,3,7-9H2,1-2H3,(H,16,17). The fraction of sp³-hybridized carbons (Fsp3) is 0.500. The molecule has 3 nitrogen and oxygen atoms in total. The molecule has 1 aliphatic rings. The maximum absolute atomic E-state index is 11.3. The number of hydrogen-bond acceptors (Lipinski definition) is 2. The molecule has 0 aromatic heterocycles. The molecule has 1 saturated heterocycles. The molecule has 1 N–H and O–H groups in total. The van der Waals surface area contributed by atoms with E-state index in [-0.39, 0.29) is 0 Å². The van der Waals surface area contributed by atoms with E-state index >= 15 is 0 Å². The lowest BCUT2D eigenvalue weighted by atomic mass is 10.1. The molecule has 1 aromatic carbocycles. The molecule has 1 atom stereocenters. The van der Waals surface area contributed by atoms with Crippen molar-refractivity contribution in [1.82, 2.24) is 0 Å². The topological polar surface area (TPSA) is 40.5 Å². The van der Waals surface area contributed by atoms with E-state index in [0.29, 0.717) is 11.5 Å². The predicted octanol–water partition coefficient (Wildman–Crippen LogP) is 2.93. The summed E-state index contributed by atoms with van der Waals surface area (Å²) in [4.78, 5) is 13.5. The van der Waals surface area contributed by atoms with Crippen LogP contribution < -0.4 is 4.90 Å². The van der Waals surface area contributed by atoms with E-state index in [1.165, 1.54) is 12.8 Å². The summed E-state index contributed by atoms with van der Waals surface area (Å²) in [6.07, 6.45) is 2.34. The third-order valence-corrected chi connectivity index (χ3v) is 3.65. The van der Waals surface area contributed by atoms with Gasteiger partial charge in [0.05, 0.1) is 11.3 Å². The number of hydrogen-bond donors (Lipinski definition) is 1. The van der Waals surface area contributed by atoms with Crippen LogP contribution in [0, 0.1) is 12.8 Å². The molecule has 1 aliphatic heterocycles. The molecule has 0 saturated carbocycles. The minimum absolute atomic E-state index is 0.432. The number of aryl methyl sites for hydroxylation is 1. The zero-order chi connectivity index (χ0) is 12.4. The third-order valence-electron chi connectivity index (χ3n) is 3.65. The molecule has 3 heteroatoms. The lowest BCUT2D eigenvalue weighted by Gasteiger charge is -2.22. The molecule has 0 amide bonds. The smallest absolute Gasteiger partial charge is 0.337 e. The predicted molar refractivity (Wildman–Crippen MR) is 68.7 cm³/mol. The van der Waals surface area contributed by atoms with E-state index in [0.717, 1.165) is 24.3 Å². The number of aromatic carboxylic acids is 1. The summed E-state index contributed by atoms with van der Waals surface area (Å²) < 4.78 is 0. The van der Waals surface area contributed by atoms with Gasteiger partial charge in [-0.2, -0.15) is 0 Å². The summed E-state index contributed by atoms with van der Waals surface area (Å²) in [7, 11) is 0. The Kier molecular flexibility index (Phi) is 3.36. The minimum Gasteiger partial charge on any atom is -0.478 e. The number of para-hydroxylation sites is 1. The van der Waals surface area contributed by atoms with Gasteiger partial charge in [-0.1, -0.05) is 25.5 Å². The molecular formula is C14H19NO2. The fourth-order valence-corrected chi connectivity index (χ4v) is 2.62. The first kappa shape index (κ1) is 12.0. The summed E-state index contributed by atoms with van der Waals surface area (Å²) in [5.74, 6) is -0.125. The van der Waals surface area contributed by atoms with Gasteiger partial charge >= 0.3 is 5.97 Å². The largest absolute Gasteiger partial charge is 0.478 e. The van der Waals surface area contributed by atoms with E-state index in [2.05, 4.69) is 11.8 Å². The minimum atomic E-state index is -0.830. The van der Waals surface area contributed by atoms with Gasteiger partial charge in [0.25, 0.3) is 0 Å². The lowest BCUT2D eigenvalue weighted by Crippen LogP contribution is -2.23. The van der Waals surface area contributed by atoms with E-state index in [1.807, 2.05) is 19.1 Å². The number of carboxylic acid groups (broad SMARTS) is 1. The first-order chi connectivity index (χ1) is 8.13. The van der Waals surface area contributed by atoms with Crippen LogP contribution in [0.2, 0.25) is 0 Å². The summed E-state index contributed by atoms with van der Waals surface area (Å²) in [6.45, 7) is 6.15. The second-order valence-electron chi connectivity index (χ2n) is 4.79. The molecule has 0 radical (unpaired) electrons. The monoisotopic (exact) mass is 233 g/mol. The molecule has 2 rings (SSSR count). The van der Waals surface area contributed by atoms with Gasteiger partial charge in [-0.3, -0.25) is 0 Å². The Hall–Kier alpha value is -1.51. The zero-order valence-corrected chi connectivity index (χ0v) is 10.4. The maximum atomic E-state index is 11.3. The van der Waals surface area contributed by atoms with Crippen LogP contribution in [0.4, 0.5) is 5.69 Å². The van der Waals surface area contributed by atoms with Crippen molar-refractivity contribution in [2.24, 2.45) is 5.92 Å². The number of benzene rings is 1. The Morgan fingerprint density at radius 3 is 2.88 bits per heavy atom. The Labute approximate surface area is 102 Å². The molecule has 0 bridgehead atoms. The van der Waals surface area contributed by atoms with Gasteiger partial charge in [0.1, 0.15) is 0 Å². The van der Waals surface area contributed by atoms with Gasteiger partial charge in [0.15, 0.2) is 0 Å². The van der Waals surface area contributed by atoms with Crippen LogP contribution in [0.25, 0.3) is 0 Å². The molecule has 17 heavy (non-hydrogen) atoms. The fourth-order valence-electron chi connectivity index (χ4n) is 2.62. The van der Waals surface area contributed by atoms with Gasteiger partial charge in [0, 0.05) is 13.1 Å². The highest BCUT2D eigenvalue weighted by molar-refractivity contribution is 5.95. The third kappa shape index (κ3) is 2.28. The molecule has 1 aromatic rings. The van der Waals surface area contributed by atoms with Crippen molar-refractivity contribution >= 4 is 11.7 Å². The van der Waals surface area contributed by atoms with E-state index in [9.17, 15) is 9.90 Å². The van der Waals surface area contributed by atoms with E-state index in [4.69, 9.17) is 0 Å². The highest BCUT2D eigenvalue weighted by Gasteiger charge is 2.25. The normalized spacial score (nSPS) is 19.6. The van der Waals surface area contributed by atoms with Crippen LogP contribution in [0.15, 0.2) is 18.2 Å². The van der Waals surface area contributed by atoms with Crippen LogP contribution in [-0.4, -0.2) is 24.2 Å². The highest BCUT2D eigenvalue weighted by atomic mass is 16.4. The first-order valence-electron chi connectivity index (χ1n) is 6.21. The number of carbonyl (C=O) groups is 1. The number of carboxylic acids is 1. The molecule has 1 fully saturated rings. The summed E-state index contributed by atoms with van der Waals surface area (Å²) in [5, 5.41) is 9.25.